The van der Waals surface area contributed by atoms with Crippen LogP contribution in [0.4, 0.5) is 0 Å². The second-order valence-corrected chi connectivity index (χ2v) is 5.39. The van der Waals surface area contributed by atoms with Gasteiger partial charge in [0.25, 0.3) is 0 Å². The van der Waals surface area contributed by atoms with Crippen molar-refractivity contribution in [3.8, 4) is 11.5 Å². The Hall–Kier alpha value is -1.26. The molecule has 4 heteroatoms. The number of hydrogen-bond acceptors (Lipinski definition) is 4. The summed E-state index contributed by atoms with van der Waals surface area (Å²) in [7, 11) is 0. The van der Waals surface area contributed by atoms with Crippen molar-refractivity contribution < 1.29 is 14.2 Å². The molecule has 0 amide bonds. The van der Waals surface area contributed by atoms with E-state index in [0.717, 1.165) is 44.2 Å². The number of morpholine rings is 1. The summed E-state index contributed by atoms with van der Waals surface area (Å²) < 4.78 is 16.5. The maximum Gasteiger partial charge on any atom is 0.161 e. The Kier molecular flexibility index (Phi) is 4.77. The first-order chi connectivity index (χ1) is 9.92. The van der Waals surface area contributed by atoms with E-state index < -0.39 is 0 Å². The van der Waals surface area contributed by atoms with Crippen LogP contribution in [0.2, 0.25) is 0 Å². The molecule has 0 aliphatic carbocycles. The van der Waals surface area contributed by atoms with Gasteiger partial charge in [0.1, 0.15) is 13.2 Å². The van der Waals surface area contributed by atoms with Crippen LogP contribution in [-0.2, 0) is 11.2 Å². The number of rotatable bonds is 5. The monoisotopic (exact) mass is 277 g/mol. The van der Waals surface area contributed by atoms with Crippen molar-refractivity contribution >= 4 is 0 Å². The minimum absolute atomic E-state index is 0.659. The fourth-order valence-electron chi connectivity index (χ4n) is 2.73. The number of ether oxygens (including phenoxy) is 3. The van der Waals surface area contributed by atoms with Crippen molar-refractivity contribution in [2.24, 2.45) is 0 Å². The molecular formula is C16H23NO3. The number of hydrogen-bond donors (Lipinski definition) is 0. The van der Waals surface area contributed by atoms with Crippen molar-refractivity contribution in [3.63, 3.8) is 0 Å². The first kappa shape index (κ1) is 13.7. The highest BCUT2D eigenvalue weighted by atomic mass is 16.6. The molecule has 0 atom stereocenters. The van der Waals surface area contributed by atoms with Crippen LogP contribution in [0, 0.1) is 0 Å². The van der Waals surface area contributed by atoms with Crippen LogP contribution in [-0.4, -0.2) is 51.0 Å². The highest BCUT2D eigenvalue weighted by molar-refractivity contribution is 5.43. The van der Waals surface area contributed by atoms with Crippen LogP contribution in [0.15, 0.2) is 18.2 Å². The second kappa shape index (κ2) is 6.95. The summed E-state index contributed by atoms with van der Waals surface area (Å²) in [6.07, 6.45) is 3.58. The highest BCUT2D eigenvalue weighted by Gasteiger charge is 2.12. The molecule has 2 aliphatic heterocycles. The smallest absolute Gasteiger partial charge is 0.161 e. The van der Waals surface area contributed by atoms with Gasteiger partial charge in [-0.1, -0.05) is 6.07 Å². The van der Waals surface area contributed by atoms with Crippen LogP contribution in [0.3, 0.4) is 0 Å². The van der Waals surface area contributed by atoms with Gasteiger partial charge in [-0.15, -0.1) is 0 Å². The Morgan fingerprint density at radius 1 is 0.900 bits per heavy atom. The zero-order chi connectivity index (χ0) is 13.6. The van der Waals surface area contributed by atoms with Crippen LogP contribution in [0.25, 0.3) is 0 Å². The molecule has 0 N–H and O–H groups in total. The Labute approximate surface area is 120 Å². The SMILES string of the molecule is c1cc2c(cc1CCCCN1CCOCC1)OCCO2. The van der Waals surface area contributed by atoms with Crippen molar-refractivity contribution in [2.75, 3.05) is 46.1 Å². The fourth-order valence-corrected chi connectivity index (χ4v) is 2.73. The van der Waals surface area contributed by atoms with Gasteiger partial charge in [-0.2, -0.15) is 0 Å². The largest absolute Gasteiger partial charge is 0.486 e. The molecule has 3 rings (SSSR count). The lowest BCUT2D eigenvalue weighted by atomic mass is 10.1. The highest BCUT2D eigenvalue weighted by Crippen LogP contribution is 2.31. The van der Waals surface area contributed by atoms with Crippen LogP contribution in [0.1, 0.15) is 18.4 Å². The van der Waals surface area contributed by atoms with Crippen molar-refractivity contribution in [3.05, 3.63) is 23.8 Å². The third-order valence-electron chi connectivity index (χ3n) is 3.90. The Morgan fingerprint density at radius 3 is 2.55 bits per heavy atom. The number of unbranched alkanes of at least 4 members (excludes halogenated alkanes) is 1. The van der Waals surface area contributed by atoms with Gasteiger partial charge in [0.15, 0.2) is 11.5 Å². The summed E-state index contributed by atoms with van der Waals surface area (Å²) in [5, 5.41) is 0. The number of aryl methyl sites for hydroxylation is 1. The molecule has 0 bridgehead atoms. The van der Waals surface area contributed by atoms with E-state index in [-0.39, 0.29) is 0 Å². The van der Waals surface area contributed by atoms with Gasteiger partial charge >= 0.3 is 0 Å². The molecule has 0 radical (unpaired) electrons. The van der Waals surface area contributed by atoms with Crippen LogP contribution < -0.4 is 9.47 Å². The third kappa shape index (κ3) is 3.64. The quantitative estimate of drug-likeness (QED) is 0.771. The summed E-state index contributed by atoms with van der Waals surface area (Å²) in [4.78, 5) is 2.49. The number of benzene rings is 1. The topological polar surface area (TPSA) is 30.9 Å². The number of fused-ring (bicyclic) bond motifs is 1. The van der Waals surface area contributed by atoms with E-state index in [0.29, 0.717) is 13.2 Å². The van der Waals surface area contributed by atoms with E-state index in [4.69, 9.17) is 14.2 Å². The molecule has 1 aromatic carbocycles. The van der Waals surface area contributed by atoms with E-state index >= 15 is 0 Å². The summed E-state index contributed by atoms with van der Waals surface area (Å²) in [5.41, 5.74) is 1.34. The lowest BCUT2D eigenvalue weighted by Gasteiger charge is -2.26. The normalized spacial score (nSPS) is 19.0. The molecule has 20 heavy (non-hydrogen) atoms. The van der Waals surface area contributed by atoms with E-state index in [1.54, 1.807) is 0 Å². The van der Waals surface area contributed by atoms with Crippen molar-refractivity contribution in [2.45, 2.75) is 19.3 Å². The van der Waals surface area contributed by atoms with Gasteiger partial charge in [0.2, 0.25) is 0 Å². The Morgan fingerprint density at radius 2 is 1.70 bits per heavy atom. The summed E-state index contributed by atoms with van der Waals surface area (Å²) in [6, 6.07) is 6.32. The molecule has 0 saturated carbocycles. The lowest BCUT2D eigenvalue weighted by Crippen LogP contribution is -2.36. The zero-order valence-corrected chi connectivity index (χ0v) is 12.0. The van der Waals surface area contributed by atoms with Gasteiger partial charge in [-0.25, -0.2) is 0 Å². The molecule has 1 aromatic rings. The van der Waals surface area contributed by atoms with Crippen molar-refractivity contribution in [1.82, 2.24) is 4.90 Å². The minimum atomic E-state index is 0.659. The maximum absolute atomic E-state index is 5.62. The van der Waals surface area contributed by atoms with Crippen LogP contribution >= 0.6 is 0 Å². The summed E-state index contributed by atoms with van der Waals surface area (Å²) >= 11 is 0. The van der Waals surface area contributed by atoms with E-state index in [1.807, 2.05) is 6.07 Å². The molecule has 0 spiro atoms. The van der Waals surface area contributed by atoms with E-state index in [1.165, 1.54) is 24.9 Å². The van der Waals surface area contributed by atoms with Gasteiger partial charge in [-0.05, 0) is 43.5 Å². The first-order valence-corrected chi connectivity index (χ1v) is 7.60. The van der Waals surface area contributed by atoms with E-state index in [9.17, 15) is 0 Å². The molecular weight excluding hydrogens is 254 g/mol. The zero-order valence-electron chi connectivity index (χ0n) is 12.0. The standard InChI is InChI=1S/C16H23NO3/c1(2-6-17-7-9-18-10-8-17)3-14-4-5-15-16(13-14)20-12-11-19-15/h4-5,13H,1-3,6-12H2. The van der Waals surface area contributed by atoms with Gasteiger partial charge < -0.3 is 14.2 Å². The maximum atomic E-state index is 5.62. The Bertz CT molecular complexity index is 430. The first-order valence-electron chi connectivity index (χ1n) is 7.60. The predicted molar refractivity (Wildman–Crippen MR) is 77.6 cm³/mol. The molecule has 1 fully saturated rings. The summed E-state index contributed by atoms with van der Waals surface area (Å²) in [6.45, 7) is 6.46. The molecule has 0 unspecified atom stereocenters. The lowest BCUT2D eigenvalue weighted by molar-refractivity contribution is 0.0372. The van der Waals surface area contributed by atoms with Crippen LogP contribution in [0.5, 0.6) is 11.5 Å². The molecule has 2 heterocycles. The van der Waals surface area contributed by atoms with E-state index in [2.05, 4.69) is 17.0 Å². The minimum Gasteiger partial charge on any atom is -0.486 e. The fraction of sp³-hybridized carbons (Fsp3) is 0.625. The molecule has 4 nitrogen and oxygen atoms in total. The number of nitrogens with zero attached hydrogens (tertiary/aromatic N) is 1. The third-order valence-corrected chi connectivity index (χ3v) is 3.90. The molecule has 2 aliphatic rings. The molecule has 1 saturated heterocycles. The Balaban J connectivity index is 1.41. The summed E-state index contributed by atoms with van der Waals surface area (Å²) in [5.74, 6) is 1.79. The predicted octanol–water partition coefficient (Wildman–Crippen LogP) is 2.11. The van der Waals surface area contributed by atoms with Gasteiger partial charge in [0, 0.05) is 13.1 Å². The molecule has 0 aromatic heterocycles. The van der Waals surface area contributed by atoms with Gasteiger partial charge in [0.05, 0.1) is 13.2 Å². The van der Waals surface area contributed by atoms with Gasteiger partial charge in [-0.3, -0.25) is 4.90 Å². The molecule has 110 valence electrons. The average molecular weight is 277 g/mol. The van der Waals surface area contributed by atoms with Crippen molar-refractivity contribution in [1.29, 1.82) is 0 Å². The average Bonchev–Trinajstić information content (AvgIpc) is 2.52. The second-order valence-electron chi connectivity index (χ2n) is 5.39.